The Morgan fingerprint density at radius 3 is 2.12 bits per heavy atom. The quantitative estimate of drug-likeness (QED) is 0.382. The van der Waals surface area contributed by atoms with Gasteiger partial charge >= 0.3 is 5.97 Å². The van der Waals surface area contributed by atoms with Gasteiger partial charge in [-0.05, 0) is 46.5 Å². The van der Waals surface area contributed by atoms with Gasteiger partial charge in [0.25, 0.3) is 0 Å². The molecule has 0 radical (unpaired) electrons. The maximum absolute atomic E-state index is 12.1. The Morgan fingerprint density at radius 2 is 1.65 bits per heavy atom. The molecule has 0 heterocycles. The molecule has 26 heavy (non-hydrogen) atoms. The fourth-order valence-corrected chi connectivity index (χ4v) is 2.15. The molecule has 0 aliphatic rings. The fourth-order valence-electron chi connectivity index (χ4n) is 2.15. The third-order valence-electron chi connectivity index (χ3n) is 3.39. The number of esters is 1. The van der Waals surface area contributed by atoms with Crippen molar-refractivity contribution in [3.8, 4) is 0 Å². The smallest absolute Gasteiger partial charge is 0.306 e. The van der Waals surface area contributed by atoms with Crippen molar-refractivity contribution >= 4 is 24.1 Å². The van der Waals surface area contributed by atoms with Crippen molar-refractivity contribution < 1.29 is 23.9 Å². The topological polar surface area (TPSA) is 128 Å². The minimum atomic E-state index is -0.935. The van der Waals surface area contributed by atoms with Crippen LogP contribution in [0.15, 0.2) is 0 Å². The average Bonchev–Trinajstić information content (AvgIpc) is 2.49. The normalized spacial score (nSPS) is 14.9. The number of ether oxygens (including phenoxy) is 1. The van der Waals surface area contributed by atoms with Gasteiger partial charge in [-0.2, -0.15) is 0 Å². The monoisotopic (exact) mass is 371 g/mol. The number of aldehydes is 1. The molecule has 0 rings (SSSR count). The second-order valence-electron chi connectivity index (χ2n) is 7.84. The number of amides is 2. The molecule has 0 aliphatic heterocycles. The van der Waals surface area contributed by atoms with Gasteiger partial charge in [0, 0.05) is 6.42 Å². The van der Waals surface area contributed by atoms with Gasteiger partial charge in [-0.15, -0.1) is 0 Å². The molecule has 0 unspecified atom stereocenters. The van der Waals surface area contributed by atoms with Crippen LogP contribution < -0.4 is 16.4 Å². The summed E-state index contributed by atoms with van der Waals surface area (Å²) in [4.78, 5) is 46.8. The highest BCUT2D eigenvalue weighted by Gasteiger charge is 2.23. The highest BCUT2D eigenvalue weighted by molar-refractivity contribution is 5.90. The van der Waals surface area contributed by atoms with Crippen LogP contribution >= 0.6 is 0 Å². The molecule has 4 N–H and O–H groups in total. The zero-order valence-electron chi connectivity index (χ0n) is 16.6. The van der Waals surface area contributed by atoms with Crippen LogP contribution in [0.1, 0.15) is 60.8 Å². The molecule has 0 saturated carbocycles. The van der Waals surface area contributed by atoms with Crippen LogP contribution in [0, 0.1) is 5.92 Å². The maximum atomic E-state index is 12.1. The lowest BCUT2D eigenvalue weighted by Gasteiger charge is -2.21. The minimum absolute atomic E-state index is 0.00797. The van der Waals surface area contributed by atoms with E-state index in [4.69, 9.17) is 10.5 Å². The molecule has 2 amide bonds. The second kappa shape index (κ2) is 10.9. The van der Waals surface area contributed by atoms with Crippen molar-refractivity contribution in [1.29, 1.82) is 0 Å². The number of carbonyl (C=O) groups excluding carboxylic acids is 4. The van der Waals surface area contributed by atoms with Crippen molar-refractivity contribution in [2.24, 2.45) is 11.7 Å². The van der Waals surface area contributed by atoms with Gasteiger partial charge < -0.3 is 25.9 Å². The van der Waals surface area contributed by atoms with Gasteiger partial charge in [0.05, 0.1) is 12.1 Å². The van der Waals surface area contributed by atoms with Crippen molar-refractivity contribution in [3.05, 3.63) is 0 Å². The highest BCUT2D eigenvalue weighted by Crippen LogP contribution is 2.10. The predicted molar refractivity (Wildman–Crippen MR) is 98.1 cm³/mol. The van der Waals surface area contributed by atoms with Crippen molar-refractivity contribution in [1.82, 2.24) is 10.6 Å². The molecule has 150 valence electrons. The number of nitrogens with two attached hydrogens (primary N) is 1. The van der Waals surface area contributed by atoms with E-state index >= 15 is 0 Å². The highest BCUT2D eigenvalue weighted by atomic mass is 16.6. The summed E-state index contributed by atoms with van der Waals surface area (Å²) in [5.74, 6) is -1.19. The van der Waals surface area contributed by atoms with Crippen molar-refractivity contribution in [3.63, 3.8) is 0 Å². The third-order valence-corrected chi connectivity index (χ3v) is 3.39. The van der Waals surface area contributed by atoms with Crippen LogP contribution in [-0.4, -0.2) is 47.8 Å². The van der Waals surface area contributed by atoms with Gasteiger partial charge in [-0.25, -0.2) is 0 Å². The maximum Gasteiger partial charge on any atom is 0.306 e. The van der Waals surface area contributed by atoms with Gasteiger partial charge in [0.15, 0.2) is 0 Å². The Kier molecular flexibility index (Phi) is 10.1. The summed E-state index contributed by atoms with van der Waals surface area (Å²) in [5, 5.41) is 5.07. The summed E-state index contributed by atoms with van der Waals surface area (Å²) >= 11 is 0. The van der Waals surface area contributed by atoms with E-state index in [2.05, 4.69) is 10.6 Å². The molecule has 0 aliphatic carbocycles. The van der Waals surface area contributed by atoms with E-state index in [1.54, 1.807) is 20.8 Å². The molecule has 0 aromatic heterocycles. The number of rotatable bonds is 10. The molecule has 3 atom stereocenters. The Labute approximate surface area is 155 Å². The van der Waals surface area contributed by atoms with Crippen LogP contribution in [-0.2, 0) is 23.9 Å². The lowest BCUT2D eigenvalue weighted by molar-refractivity contribution is -0.155. The van der Waals surface area contributed by atoms with Crippen molar-refractivity contribution in [2.45, 2.75) is 84.5 Å². The molecule has 0 bridgehead atoms. The molecule has 8 heteroatoms. The standard InChI is InChI=1S/C18H33N3O5/c1-11(2)9-13(10-22)21-16(24)12(3)20-17(25)14(19)7-8-15(23)26-18(4,5)6/h10-14H,7-9,19H2,1-6H3,(H,20,25)(H,21,24)/t12-,13-,14-/m0/s1. The molecule has 0 fully saturated rings. The van der Waals surface area contributed by atoms with E-state index in [-0.39, 0.29) is 18.8 Å². The predicted octanol–water partition coefficient (Wildman–Crippen LogP) is 0.670. The first-order valence-electron chi connectivity index (χ1n) is 8.89. The minimum Gasteiger partial charge on any atom is -0.460 e. The average molecular weight is 371 g/mol. The third kappa shape index (κ3) is 10.8. The summed E-state index contributed by atoms with van der Waals surface area (Å²) < 4.78 is 5.15. The Morgan fingerprint density at radius 1 is 1.08 bits per heavy atom. The molecule has 8 nitrogen and oxygen atoms in total. The largest absolute Gasteiger partial charge is 0.460 e. The van der Waals surface area contributed by atoms with Gasteiger partial charge in [0.1, 0.15) is 17.9 Å². The molecule has 0 aromatic carbocycles. The Bertz CT molecular complexity index is 500. The number of hydrogen-bond donors (Lipinski definition) is 3. The van der Waals surface area contributed by atoms with E-state index in [0.717, 1.165) is 0 Å². The van der Waals surface area contributed by atoms with E-state index in [0.29, 0.717) is 12.7 Å². The zero-order chi connectivity index (χ0) is 20.5. The fraction of sp³-hybridized carbons (Fsp3) is 0.778. The lowest BCUT2D eigenvalue weighted by Crippen LogP contribution is -2.52. The first kappa shape index (κ1) is 24.0. The molecule has 0 saturated heterocycles. The van der Waals surface area contributed by atoms with Gasteiger partial charge in [-0.3, -0.25) is 14.4 Å². The van der Waals surface area contributed by atoms with E-state index in [1.807, 2.05) is 13.8 Å². The van der Waals surface area contributed by atoms with E-state index in [9.17, 15) is 19.2 Å². The van der Waals surface area contributed by atoms with Crippen LogP contribution in [0.25, 0.3) is 0 Å². The Balaban J connectivity index is 4.40. The summed E-state index contributed by atoms with van der Waals surface area (Å²) in [6, 6.07) is -2.37. The summed E-state index contributed by atoms with van der Waals surface area (Å²) in [6.45, 7) is 10.7. The molecule has 0 spiro atoms. The summed E-state index contributed by atoms with van der Waals surface area (Å²) in [5.41, 5.74) is 5.17. The molecule has 0 aromatic rings. The van der Waals surface area contributed by atoms with Crippen LogP contribution in [0.3, 0.4) is 0 Å². The van der Waals surface area contributed by atoms with Crippen molar-refractivity contribution in [2.75, 3.05) is 0 Å². The van der Waals surface area contributed by atoms with Crippen LogP contribution in [0.4, 0.5) is 0 Å². The Hall–Kier alpha value is -1.96. The number of nitrogens with one attached hydrogen (secondary N) is 2. The SMILES string of the molecule is CC(C)C[C@@H](C=O)NC(=O)[C@H](C)NC(=O)[C@@H](N)CCC(=O)OC(C)(C)C. The lowest BCUT2D eigenvalue weighted by atomic mass is 10.0. The van der Waals surface area contributed by atoms with Crippen LogP contribution in [0.2, 0.25) is 0 Å². The number of hydrogen-bond acceptors (Lipinski definition) is 6. The molecular weight excluding hydrogens is 338 g/mol. The zero-order valence-corrected chi connectivity index (χ0v) is 16.6. The number of carbonyl (C=O) groups is 4. The first-order valence-corrected chi connectivity index (χ1v) is 8.89. The molecular formula is C18H33N3O5. The van der Waals surface area contributed by atoms with Gasteiger partial charge in [0.2, 0.25) is 11.8 Å². The van der Waals surface area contributed by atoms with Crippen LogP contribution in [0.5, 0.6) is 0 Å². The van der Waals surface area contributed by atoms with Gasteiger partial charge in [-0.1, -0.05) is 13.8 Å². The van der Waals surface area contributed by atoms with E-state index < -0.39 is 41.5 Å². The second-order valence-corrected chi connectivity index (χ2v) is 7.84. The summed E-state index contributed by atoms with van der Waals surface area (Å²) in [6.07, 6.45) is 1.32. The van der Waals surface area contributed by atoms with E-state index in [1.165, 1.54) is 6.92 Å². The summed E-state index contributed by atoms with van der Waals surface area (Å²) in [7, 11) is 0. The first-order chi connectivity index (χ1) is 11.9.